The number of nitrogens with zero attached hydrogens (tertiary/aromatic N) is 1. The summed E-state index contributed by atoms with van der Waals surface area (Å²) in [5.41, 5.74) is 3.37. The van der Waals surface area contributed by atoms with Gasteiger partial charge in [0.2, 0.25) is 15.9 Å². The fraction of sp³-hybridized carbons (Fsp3) is 0.389. The summed E-state index contributed by atoms with van der Waals surface area (Å²) in [6.45, 7) is 6.84. The van der Waals surface area contributed by atoms with E-state index >= 15 is 0 Å². The number of benzene rings is 1. The Morgan fingerprint density at radius 1 is 1.38 bits per heavy atom. The fourth-order valence-corrected chi connectivity index (χ4v) is 4.86. The molecule has 0 radical (unpaired) electrons. The number of carbonyl (C=O) groups is 1. The van der Waals surface area contributed by atoms with Crippen LogP contribution in [0, 0.1) is 13.8 Å². The Labute approximate surface area is 158 Å². The van der Waals surface area contributed by atoms with Gasteiger partial charge in [0, 0.05) is 23.2 Å². The molecule has 26 heavy (non-hydrogen) atoms. The van der Waals surface area contributed by atoms with Crippen LogP contribution in [0.15, 0.2) is 28.5 Å². The van der Waals surface area contributed by atoms with Gasteiger partial charge in [-0.05, 0) is 67.5 Å². The van der Waals surface area contributed by atoms with Crippen LogP contribution in [0.1, 0.15) is 34.5 Å². The zero-order valence-corrected chi connectivity index (χ0v) is 16.7. The second-order valence-electron chi connectivity index (χ2n) is 6.70. The minimum Gasteiger partial charge on any atom is -0.325 e. The van der Waals surface area contributed by atoms with Crippen molar-refractivity contribution in [1.29, 1.82) is 0 Å². The molecule has 8 heteroatoms. The van der Waals surface area contributed by atoms with E-state index in [-0.39, 0.29) is 23.4 Å². The highest BCUT2D eigenvalue weighted by molar-refractivity contribution is 7.89. The van der Waals surface area contributed by atoms with Crippen LogP contribution >= 0.6 is 11.3 Å². The molecule has 0 bridgehead atoms. The first-order valence-corrected chi connectivity index (χ1v) is 10.8. The average molecular weight is 394 g/mol. The monoisotopic (exact) mass is 393 g/mol. The van der Waals surface area contributed by atoms with Crippen molar-refractivity contribution in [2.24, 2.45) is 5.14 Å². The van der Waals surface area contributed by atoms with Crippen LogP contribution in [0.3, 0.4) is 0 Å². The van der Waals surface area contributed by atoms with Gasteiger partial charge in [-0.3, -0.25) is 9.69 Å². The number of carbonyl (C=O) groups excluding carboxylic acids is 1. The number of amides is 1. The molecule has 0 saturated carbocycles. The Morgan fingerprint density at radius 3 is 2.81 bits per heavy atom. The number of fused-ring (bicyclic) bond motifs is 1. The first kappa shape index (κ1) is 19.0. The van der Waals surface area contributed by atoms with Gasteiger partial charge in [0.1, 0.15) is 0 Å². The standard InChI is InChI=1S/C18H23N3O3S2/c1-11-8-14(26(19,23)24)9-16(12(11)2)20-18(22)10-21-6-4-17-15(13(21)3)5-7-25-17/h5,7-9,13H,4,6,10H2,1-3H3,(H,20,22)(H2,19,23,24)/t13-/m1/s1. The third kappa shape index (κ3) is 3.83. The molecule has 2 heterocycles. The Hall–Kier alpha value is -1.74. The minimum atomic E-state index is -3.82. The number of nitrogens with two attached hydrogens (primary N) is 1. The first-order valence-electron chi connectivity index (χ1n) is 8.41. The number of hydrogen-bond acceptors (Lipinski definition) is 5. The predicted molar refractivity (Wildman–Crippen MR) is 104 cm³/mol. The molecule has 140 valence electrons. The van der Waals surface area contributed by atoms with Gasteiger partial charge >= 0.3 is 0 Å². The topological polar surface area (TPSA) is 92.5 Å². The second kappa shape index (κ2) is 7.11. The van der Waals surface area contributed by atoms with E-state index in [1.54, 1.807) is 18.3 Å². The van der Waals surface area contributed by atoms with Gasteiger partial charge in [0.15, 0.2) is 0 Å². The molecule has 0 fully saturated rings. The van der Waals surface area contributed by atoms with Gasteiger partial charge in [0.05, 0.1) is 11.4 Å². The molecule has 1 atom stereocenters. The molecule has 6 nitrogen and oxygen atoms in total. The van der Waals surface area contributed by atoms with Crippen molar-refractivity contribution in [2.45, 2.75) is 38.1 Å². The highest BCUT2D eigenvalue weighted by Gasteiger charge is 2.26. The predicted octanol–water partition coefficient (Wildman–Crippen LogP) is 2.57. The Bertz CT molecular complexity index is 951. The maximum atomic E-state index is 12.6. The van der Waals surface area contributed by atoms with E-state index in [4.69, 9.17) is 5.14 Å². The molecule has 0 saturated heterocycles. The number of rotatable bonds is 4. The summed E-state index contributed by atoms with van der Waals surface area (Å²) in [4.78, 5) is 16.1. The van der Waals surface area contributed by atoms with Gasteiger partial charge in [-0.15, -0.1) is 11.3 Å². The average Bonchev–Trinajstić information content (AvgIpc) is 3.02. The van der Waals surface area contributed by atoms with Crippen LogP contribution in [0.5, 0.6) is 0 Å². The largest absolute Gasteiger partial charge is 0.325 e. The van der Waals surface area contributed by atoms with Crippen molar-refractivity contribution in [3.8, 4) is 0 Å². The molecule has 0 unspecified atom stereocenters. The Kier molecular flexibility index (Phi) is 5.21. The van der Waals surface area contributed by atoms with E-state index in [2.05, 4.69) is 28.6 Å². The quantitative estimate of drug-likeness (QED) is 0.835. The lowest BCUT2D eigenvalue weighted by molar-refractivity contribution is -0.117. The lowest BCUT2D eigenvalue weighted by atomic mass is 10.0. The molecule has 3 N–H and O–H groups in total. The molecule has 1 aliphatic heterocycles. The zero-order chi connectivity index (χ0) is 19.1. The van der Waals surface area contributed by atoms with Gasteiger partial charge in [-0.2, -0.15) is 0 Å². The van der Waals surface area contributed by atoms with Crippen LogP contribution in [0.2, 0.25) is 0 Å². The third-order valence-corrected chi connectivity index (χ3v) is 6.88. The summed E-state index contributed by atoms with van der Waals surface area (Å²) in [7, 11) is -3.82. The Morgan fingerprint density at radius 2 is 2.12 bits per heavy atom. The molecular weight excluding hydrogens is 370 g/mol. The van der Waals surface area contributed by atoms with Crippen molar-refractivity contribution < 1.29 is 13.2 Å². The number of nitrogens with one attached hydrogen (secondary N) is 1. The number of sulfonamides is 1. The maximum Gasteiger partial charge on any atom is 0.238 e. The third-order valence-electron chi connectivity index (χ3n) is 4.99. The van der Waals surface area contributed by atoms with Crippen molar-refractivity contribution in [2.75, 3.05) is 18.4 Å². The number of anilines is 1. The SMILES string of the molecule is Cc1cc(S(N)(=O)=O)cc(NC(=O)CN2CCc3sccc3[C@H]2C)c1C. The second-order valence-corrected chi connectivity index (χ2v) is 9.26. The molecule has 2 aromatic rings. The van der Waals surface area contributed by atoms with Gasteiger partial charge in [0.25, 0.3) is 0 Å². The maximum absolute atomic E-state index is 12.6. The first-order chi connectivity index (χ1) is 12.2. The smallest absolute Gasteiger partial charge is 0.238 e. The van der Waals surface area contributed by atoms with E-state index in [9.17, 15) is 13.2 Å². The van der Waals surface area contributed by atoms with Crippen LogP contribution in [-0.2, 0) is 21.2 Å². The summed E-state index contributed by atoms with van der Waals surface area (Å²) < 4.78 is 23.3. The van der Waals surface area contributed by atoms with Crippen LogP contribution in [0.25, 0.3) is 0 Å². The molecule has 3 rings (SSSR count). The highest BCUT2D eigenvalue weighted by Crippen LogP contribution is 2.32. The lowest BCUT2D eigenvalue weighted by Crippen LogP contribution is -2.39. The molecule has 1 aliphatic rings. The molecule has 0 spiro atoms. The summed E-state index contributed by atoms with van der Waals surface area (Å²) in [5.74, 6) is -0.162. The summed E-state index contributed by atoms with van der Waals surface area (Å²) in [5, 5.41) is 10.2. The number of aryl methyl sites for hydroxylation is 1. The van der Waals surface area contributed by atoms with E-state index in [0.717, 1.165) is 24.1 Å². The molecule has 1 amide bonds. The van der Waals surface area contributed by atoms with Crippen molar-refractivity contribution in [1.82, 2.24) is 4.90 Å². The lowest BCUT2D eigenvalue weighted by Gasteiger charge is -2.33. The van der Waals surface area contributed by atoms with Crippen molar-refractivity contribution in [3.63, 3.8) is 0 Å². The van der Waals surface area contributed by atoms with E-state index in [1.807, 2.05) is 6.92 Å². The molecular formula is C18H23N3O3S2. The summed E-state index contributed by atoms with van der Waals surface area (Å²) in [6.07, 6.45) is 0.948. The van der Waals surface area contributed by atoms with Crippen molar-refractivity contribution in [3.05, 3.63) is 45.1 Å². The van der Waals surface area contributed by atoms with E-state index in [1.165, 1.54) is 22.6 Å². The summed E-state index contributed by atoms with van der Waals surface area (Å²) in [6, 6.07) is 5.25. The molecule has 1 aromatic carbocycles. The minimum absolute atomic E-state index is 0.00477. The number of primary sulfonamides is 1. The van der Waals surface area contributed by atoms with Gasteiger partial charge < -0.3 is 5.32 Å². The fourth-order valence-electron chi connectivity index (χ4n) is 3.27. The van der Waals surface area contributed by atoms with E-state index < -0.39 is 10.0 Å². The molecule has 0 aliphatic carbocycles. The van der Waals surface area contributed by atoms with Crippen LogP contribution in [-0.4, -0.2) is 32.3 Å². The summed E-state index contributed by atoms with van der Waals surface area (Å²) >= 11 is 1.76. The number of hydrogen-bond donors (Lipinski definition) is 2. The number of thiophene rings is 1. The van der Waals surface area contributed by atoms with E-state index in [0.29, 0.717) is 5.69 Å². The van der Waals surface area contributed by atoms with Crippen LogP contribution in [0.4, 0.5) is 5.69 Å². The van der Waals surface area contributed by atoms with Gasteiger partial charge in [-0.25, -0.2) is 13.6 Å². The normalized spacial score (nSPS) is 17.8. The zero-order valence-electron chi connectivity index (χ0n) is 15.1. The van der Waals surface area contributed by atoms with Gasteiger partial charge in [-0.1, -0.05) is 0 Å². The van der Waals surface area contributed by atoms with Crippen molar-refractivity contribution >= 4 is 33.0 Å². The Balaban J connectivity index is 1.76. The molecule has 1 aromatic heterocycles. The van der Waals surface area contributed by atoms with Crippen LogP contribution < -0.4 is 10.5 Å². The highest BCUT2D eigenvalue weighted by atomic mass is 32.2.